The van der Waals surface area contributed by atoms with Gasteiger partial charge in [-0.15, -0.1) is 10.6 Å². The lowest BCUT2D eigenvalue weighted by Gasteiger charge is -2.14. The van der Waals surface area contributed by atoms with Gasteiger partial charge in [0.2, 0.25) is 10.0 Å². The molecule has 2 aromatic carbocycles. The van der Waals surface area contributed by atoms with Crippen molar-refractivity contribution < 1.29 is 13.2 Å². The van der Waals surface area contributed by atoms with Crippen molar-refractivity contribution in [2.45, 2.75) is 23.9 Å². The zero-order valence-corrected chi connectivity index (χ0v) is 15.9. The Bertz CT molecular complexity index is 985. The van der Waals surface area contributed by atoms with Crippen molar-refractivity contribution in [2.24, 2.45) is 10.2 Å². The van der Waals surface area contributed by atoms with Gasteiger partial charge in [0, 0.05) is 24.8 Å². The van der Waals surface area contributed by atoms with E-state index in [1.807, 2.05) is 30.3 Å². The third kappa shape index (κ3) is 4.01. The van der Waals surface area contributed by atoms with E-state index in [1.54, 1.807) is 6.07 Å². The van der Waals surface area contributed by atoms with Gasteiger partial charge in [0.25, 0.3) is 0 Å². The monoisotopic (exact) mass is 402 g/mol. The minimum Gasteiger partial charge on any atom is -0.380 e. The minimum atomic E-state index is -3.93. The molecule has 2 aliphatic heterocycles. The molecule has 2 heterocycles. The fraction of sp³-hybridized carbons (Fsp3) is 0.278. The van der Waals surface area contributed by atoms with E-state index in [9.17, 15) is 8.42 Å². The first kappa shape index (κ1) is 18.8. The second-order valence-electron chi connectivity index (χ2n) is 6.68. The number of nitrogens with two attached hydrogens (primary N) is 1. The van der Waals surface area contributed by atoms with Crippen molar-refractivity contribution in [1.29, 1.82) is 0 Å². The molecule has 0 aromatic heterocycles. The molecule has 2 aromatic rings. The van der Waals surface area contributed by atoms with E-state index in [-0.39, 0.29) is 4.90 Å². The van der Waals surface area contributed by atoms with Crippen molar-refractivity contribution in [2.75, 3.05) is 13.2 Å². The molecule has 1 atom stereocenters. The summed E-state index contributed by atoms with van der Waals surface area (Å²) in [6.07, 6.45) is 1.03. The normalized spacial score (nSPS) is 19.2. The first-order valence-electron chi connectivity index (χ1n) is 8.93. The molecule has 6 N–H and O–H groups in total. The van der Waals surface area contributed by atoms with Crippen LogP contribution in [0.2, 0.25) is 0 Å². The predicted octanol–water partition coefficient (Wildman–Crippen LogP) is 0.154. The first-order valence-corrected chi connectivity index (χ1v) is 10.5. The Balaban J connectivity index is 1.65. The van der Waals surface area contributed by atoms with E-state index >= 15 is 0 Å². The number of benzene rings is 2. The van der Waals surface area contributed by atoms with Crippen LogP contribution in [0.1, 0.15) is 17.5 Å². The Kier molecular flexibility index (Phi) is 5.29. The Labute approximate surface area is 163 Å². The summed E-state index contributed by atoms with van der Waals surface area (Å²) in [6, 6.07) is 13.3. The molecule has 0 aliphatic carbocycles. The molecule has 9 nitrogen and oxygen atoms in total. The molecule has 2 aliphatic rings. The Morgan fingerprint density at radius 1 is 1.21 bits per heavy atom. The number of hydrazone groups is 1. The second kappa shape index (κ2) is 7.86. The van der Waals surface area contributed by atoms with Crippen LogP contribution in [0.5, 0.6) is 0 Å². The van der Waals surface area contributed by atoms with Crippen LogP contribution in [0, 0.1) is 0 Å². The van der Waals surface area contributed by atoms with Gasteiger partial charge >= 0.3 is 0 Å². The lowest BCUT2D eigenvalue weighted by Crippen LogP contribution is -2.36. The number of sulfonamides is 1. The quantitative estimate of drug-likeness (QED) is 0.465. The van der Waals surface area contributed by atoms with E-state index in [1.165, 1.54) is 6.07 Å². The van der Waals surface area contributed by atoms with Crippen molar-refractivity contribution in [3.63, 3.8) is 0 Å². The maximum Gasteiger partial charge on any atom is 0.238 e. The van der Waals surface area contributed by atoms with Gasteiger partial charge < -0.3 is 10.1 Å². The molecule has 1 saturated heterocycles. The van der Waals surface area contributed by atoms with Crippen molar-refractivity contribution in [3.05, 3.63) is 53.6 Å². The van der Waals surface area contributed by atoms with Gasteiger partial charge in [-0.05, 0) is 29.2 Å². The molecule has 0 radical (unpaired) electrons. The highest BCUT2D eigenvalue weighted by atomic mass is 32.2. The molecule has 0 saturated carbocycles. The Morgan fingerprint density at radius 2 is 2.04 bits per heavy atom. The summed E-state index contributed by atoms with van der Waals surface area (Å²) in [7, 11) is -3.93. The van der Waals surface area contributed by atoms with E-state index in [4.69, 9.17) is 9.88 Å². The van der Waals surface area contributed by atoms with Crippen LogP contribution in [-0.2, 0) is 21.3 Å². The maximum atomic E-state index is 12.1. The van der Waals surface area contributed by atoms with Gasteiger partial charge in [0.05, 0.1) is 11.5 Å². The van der Waals surface area contributed by atoms with Crippen LogP contribution in [0.4, 0.5) is 0 Å². The molecular weight excluding hydrogens is 380 g/mol. The summed E-state index contributed by atoms with van der Waals surface area (Å²) >= 11 is 0. The summed E-state index contributed by atoms with van der Waals surface area (Å²) < 4.78 is 29.6. The van der Waals surface area contributed by atoms with E-state index in [0.717, 1.165) is 37.3 Å². The second-order valence-corrected chi connectivity index (χ2v) is 8.21. The number of ether oxygens (including phenoxy) is 1. The zero-order chi connectivity index (χ0) is 19.6. The molecule has 1 unspecified atom stereocenters. The molecular formula is C18H22N6O3S. The van der Waals surface area contributed by atoms with Gasteiger partial charge in [-0.1, -0.05) is 36.4 Å². The molecule has 0 amide bonds. The largest absolute Gasteiger partial charge is 0.380 e. The van der Waals surface area contributed by atoms with Gasteiger partial charge in [-0.3, -0.25) is 5.43 Å². The standard InChI is InChI=1S/C18H22N6O3S/c19-28(25,26)16-3-1-2-15(17(16)18-21-23-24-22-18)13-6-4-12(5-7-13)10-20-14-8-9-27-11-14/h1-7,14,20,23-24H,8-11H2,(H,21,22)(H2,19,25,26). The van der Waals surface area contributed by atoms with Gasteiger partial charge in [0.15, 0.2) is 5.84 Å². The number of nitrogens with zero attached hydrogens (tertiary/aromatic N) is 1. The van der Waals surface area contributed by atoms with Crippen LogP contribution in [0.15, 0.2) is 52.5 Å². The number of hydrogen-bond donors (Lipinski definition) is 5. The third-order valence-electron chi connectivity index (χ3n) is 4.76. The van der Waals surface area contributed by atoms with E-state index < -0.39 is 10.0 Å². The Morgan fingerprint density at radius 3 is 2.68 bits per heavy atom. The van der Waals surface area contributed by atoms with Crippen LogP contribution < -0.4 is 27.0 Å². The molecule has 10 heteroatoms. The SMILES string of the molecule is NS(=O)(=O)c1cccc(-c2ccc(CNC3CCOC3)cc2)c1C1=NNNN1. The highest BCUT2D eigenvalue weighted by molar-refractivity contribution is 7.89. The minimum absolute atomic E-state index is 0.00808. The fourth-order valence-corrected chi connectivity index (χ4v) is 4.09. The summed E-state index contributed by atoms with van der Waals surface area (Å²) in [5.41, 5.74) is 11.1. The van der Waals surface area contributed by atoms with Crippen molar-refractivity contribution in [3.8, 4) is 11.1 Å². The van der Waals surface area contributed by atoms with Gasteiger partial charge in [-0.25, -0.2) is 19.1 Å². The maximum absolute atomic E-state index is 12.1. The van der Waals surface area contributed by atoms with Crippen LogP contribution in [0.3, 0.4) is 0 Å². The lowest BCUT2D eigenvalue weighted by molar-refractivity contribution is 0.190. The summed E-state index contributed by atoms with van der Waals surface area (Å²) in [6.45, 7) is 2.31. The number of rotatable bonds is 6. The highest BCUT2D eigenvalue weighted by Gasteiger charge is 2.24. The molecule has 4 rings (SSSR count). The number of hydrogen-bond acceptors (Lipinski definition) is 8. The van der Waals surface area contributed by atoms with Gasteiger partial charge in [0.1, 0.15) is 0 Å². The summed E-state index contributed by atoms with van der Waals surface area (Å²) in [5, 5.41) is 13.0. The molecule has 28 heavy (non-hydrogen) atoms. The zero-order valence-electron chi connectivity index (χ0n) is 15.1. The number of primary sulfonamides is 1. The van der Waals surface area contributed by atoms with Crippen LogP contribution in [-0.4, -0.2) is 33.5 Å². The lowest BCUT2D eigenvalue weighted by atomic mass is 9.98. The molecule has 0 bridgehead atoms. The number of nitrogens with one attached hydrogen (secondary N) is 4. The summed E-state index contributed by atoms with van der Waals surface area (Å²) in [5.74, 6) is 0.353. The molecule has 148 valence electrons. The third-order valence-corrected chi connectivity index (χ3v) is 5.72. The summed E-state index contributed by atoms with van der Waals surface area (Å²) in [4.78, 5) is 0.00808. The van der Waals surface area contributed by atoms with Crippen molar-refractivity contribution >= 4 is 15.9 Å². The topological polar surface area (TPSA) is 130 Å². The molecule has 1 fully saturated rings. The van der Waals surface area contributed by atoms with E-state index in [2.05, 4.69) is 26.9 Å². The smallest absolute Gasteiger partial charge is 0.238 e. The average Bonchev–Trinajstić information content (AvgIpc) is 3.39. The van der Waals surface area contributed by atoms with Crippen LogP contribution in [0.25, 0.3) is 11.1 Å². The Hall–Kier alpha value is -2.50. The number of amidine groups is 1. The highest BCUT2D eigenvalue weighted by Crippen LogP contribution is 2.29. The van der Waals surface area contributed by atoms with Crippen molar-refractivity contribution in [1.82, 2.24) is 21.8 Å². The molecule has 0 spiro atoms. The average molecular weight is 402 g/mol. The number of hydrazine groups is 2. The fourth-order valence-electron chi connectivity index (χ4n) is 3.33. The van der Waals surface area contributed by atoms with E-state index in [0.29, 0.717) is 23.0 Å². The predicted molar refractivity (Wildman–Crippen MR) is 105 cm³/mol. The van der Waals surface area contributed by atoms with Crippen LogP contribution >= 0.6 is 0 Å². The van der Waals surface area contributed by atoms with Gasteiger partial charge in [-0.2, -0.15) is 0 Å². The first-order chi connectivity index (χ1) is 13.5.